The van der Waals surface area contributed by atoms with Crippen LogP contribution in [0.2, 0.25) is 0 Å². The van der Waals surface area contributed by atoms with E-state index in [0.717, 1.165) is 11.4 Å². The van der Waals surface area contributed by atoms with Gasteiger partial charge in [0, 0.05) is 24.8 Å². The van der Waals surface area contributed by atoms with Crippen molar-refractivity contribution in [2.45, 2.75) is 45.4 Å². The molecule has 25 heavy (non-hydrogen) atoms. The van der Waals surface area contributed by atoms with Crippen LogP contribution in [0.25, 0.3) is 0 Å². The molecule has 7 heteroatoms. The van der Waals surface area contributed by atoms with E-state index < -0.39 is 0 Å². The van der Waals surface area contributed by atoms with Gasteiger partial charge in [-0.3, -0.25) is 9.59 Å². The van der Waals surface area contributed by atoms with Crippen molar-refractivity contribution in [1.29, 1.82) is 0 Å². The van der Waals surface area contributed by atoms with Crippen LogP contribution in [0, 0.1) is 0 Å². The van der Waals surface area contributed by atoms with Gasteiger partial charge in [0.2, 0.25) is 16.9 Å². The van der Waals surface area contributed by atoms with Crippen LogP contribution in [-0.4, -0.2) is 28.6 Å². The van der Waals surface area contributed by atoms with Gasteiger partial charge in [-0.25, -0.2) is 0 Å². The predicted octanol–water partition coefficient (Wildman–Crippen LogP) is 2.91. The summed E-state index contributed by atoms with van der Waals surface area (Å²) in [4.78, 5) is 23.7. The summed E-state index contributed by atoms with van der Waals surface area (Å²) < 4.78 is 0. The highest BCUT2D eigenvalue weighted by Gasteiger charge is 2.20. The zero-order valence-corrected chi connectivity index (χ0v) is 15.7. The summed E-state index contributed by atoms with van der Waals surface area (Å²) >= 11 is 1.36. The van der Waals surface area contributed by atoms with Gasteiger partial charge in [0.05, 0.1) is 0 Å². The minimum atomic E-state index is -0.227. The molecule has 0 saturated heterocycles. The van der Waals surface area contributed by atoms with Crippen molar-refractivity contribution in [1.82, 2.24) is 15.5 Å². The maximum Gasteiger partial charge on any atom is 0.226 e. The van der Waals surface area contributed by atoms with Crippen molar-refractivity contribution in [3.63, 3.8) is 0 Å². The van der Waals surface area contributed by atoms with Gasteiger partial charge >= 0.3 is 0 Å². The average molecular weight is 360 g/mol. The first-order valence-corrected chi connectivity index (χ1v) is 9.11. The highest BCUT2D eigenvalue weighted by atomic mass is 32.1. The molecular weight excluding hydrogens is 336 g/mol. The second-order valence-corrected chi connectivity index (χ2v) is 7.77. The fraction of sp³-hybridized carbons (Fsp3) is 0.444. The fourth-order valence-electron chi connectivity index (χ4n) is 2.06. The minimum Gasteiger partial charge on any atom is -0.356 e. The molecule has 0 aliphatic carbocycles. The highest BCUT2D eigenvalue weighted by Crippen LogP contribution is 2.27. The van der Waals surface area contributed by atoms with Crippen LogP contribution >= 0.6 is 11.3 Å². The van der Waals surface area contributed by atoms with E-state index in [9.17, 15) is 9.59 Å². The van der Waals surface area contributed by atoms with Crippen LogP contribution in [0.3, 0.4) is 0 Å². The molecule has 0 spiro atoms. The van der Waals surface area contributed by atoms with Crippen LogP contribution in [0.1, 0.15) is 44.2 Å². The van der Waals surface area contributed by atoms with Gasteiger partial charge in [-0.2, -0.15) is 0 Å². The zero-order valence-electron chi connectivity index (χ0n) is 14.8. The molecule has 0 radical (unpaired) electrons. The summed E-state index contributed by atoms with van der Waals surface area (Å²) in [6.45, 7) is 6.69. The third-order valence-electron chi connectivity index (χ3n) is 3.47. The summed E-state index contributed by atoms with van der Waals surface area (Å²) in [5, 5.41) is 14.9. The molecule has 1 aromatic heterocycles. The largest absolute Gasteiger partial charge is 0.356 e. The van der Waals surface area contributed by atoms with E-state index in [1.807, 2.05) is 51.1 Å². The molecule has 0 aliphatic heterocycles. The number of amides is 2. The van der Waals surface area contributed by atoms with Gasteiger partial charge in [0.25, 0.3) is 0 Å². The lowest BCUT2D eigenvalue weighted by Crippen LogP contribution is -2.26. The monoisotopic (exact) mass is 360 g/mol. The standard InChI is InChI=1S/C18H24N4O2S/c1-18(2,3)16-21-22-17(25-16)20-15(24)10-9-14(23)19-12-11-13-7-5-4-6-8-13/h4-8H,9-12H2,1-3H3,(H,19,23)(H,20,22,24). The summed E-state index contributed by atoms with van der Waals surface area (Å²) in [7, 11) is 0. The van der Waals surface area contributed by atoms with E-state index in [-0.39, 0.29) is 30.1 Å². The van der Waals surface area contributed by atoms with Gasteiger partial charge in [-0.1, -0.05) is 62.4 Å². The molecule has 0 atom stereocenters. The normalized spacial score (nSPS) is 11.2. The number of nitrogens with one attached hydrogen (secondary N) is 2. The van der Waals surface area contributed by atoms with Crippen molar-refractivity contribution >= 4 is 28.3 Å². The molecular formula is C18H24N4O2S. The number of anilines is 1. The molecule has 0 unspecified atom stereocenters. The maximum atomic E-state index is 11.9. The Morgan fingerprint density at radius 2 is 1.72 bits per heavy atom. The maximum absolute atomic E-state index is 11.9. The Morgan fingerprint density at radius 3 is 2.36 bits per heavy atom. The van der Waals surface area contributed by atoms with Crippen molar-refractivity contribution < 1.29 is 9.59 Å². The first kappa shape index (κ1) is 19.1. The number of aromatic nitrogens is 2. The van der Waals surface area contributed by atoms with E-state index in [2.05, 4.69) is 20.8 Å². The van der Waals surface area contributed by atoms with Gasteiger partial charge < -0.3 is 10.6 Å². The molecule has 2 rings (SSSR count). The number of hydrogen-bond acceptors (Lipinski definition) is 5. The summed E-state index contributed by atoms with van der Waals surface area (Å²) in [6, 6.07) is 9.95. The highest BCUT2D eigenvalue weighted by molar-refractivity contribution is 7.15. The molecule has 1 heterocycles. The average Bonchev–Trinajstić information content (AvgIpc) is 3.03. The van der Waals surface area contributed by atoms with E-state index in [1.165, 1.54) is 16.9 Å². The first-order valence-electron chi connectivity index (χ1n) is 8.29. The molecule has 0 aliphatic rings. The molecule has 2 amide bonds. The van der Waals surface area contributed by atoms with Gasteiger partial charge in [0.15, 0.2) is 0 Å². The Balaban J connectivity index is 1.67. The SMILES string of the molecule is CC(C)(C)c1nnc(NC(=O)CCC(=O)NCCc2ccccc2)s1. The summed E-state index contributed by atoms with van der Waals surface area (Å²) in [5.74, 6) is -0.353. The summed E-state index contributed by atoms with van der Waals surface area (Å²) in [5.41, 5.74) is 1.07. The second kappa shape index (κ2) is 8.71. The topological polar surface area (TPSA) is 84.0 Å². The Bertz CT molecular complexity index is 707. The van der Waals surface area contributed by atoms with Crippen LogP contribution in [0.5, 0.6) is 0 Å². The smallest absolute Gasteiger partial charge is 0.226 e. The molecule has 0 fully saturated rings. The molecule has 134 valence electrons. The molecule has 2 N–H and O–H groups in total. The van der Waals surface area contributed by atoms with Crippen LogP contribution in [-0.2, 0) is 21.4 Å². The Kier molecular flexibility index (Phi) is 6.64. The van der Waals surface area contributed by atoms with Gasteiger partial charge in [0.1, 0.15) is 5.01 Å². The number of carbonyl (C=O) groups excluding carboxylic acids is 2. The van der Waals surface area contributed by atoms with Crippen LogP contribution in [0.15, 0.2) is 30.3 Å². The van der Waals surface area contributed by atoms with Crippen LogP contribution < -0.4 is 10.6 Å². The van der Waals surface area contributed by atoms with E-state index in [4.69, 9.17) is 0 Å². The van der Waals surface area contributed by atoms with Crippen molar-refractivity contribution in [3.8, 4) is 0 Å². The Morgan fingerprint density at radius 1 is 1.04 bits per heavy atom. The number of rotatable bonds is 7. The zero-order chi connectivity index (χ0) is 18.3. The third-order valence-corrected chi connectivity index (χ3v) is 4.74. The van der Waals surface area contributed by atoms with E-state index in [1.54, 1.807) is 0 Å². The predicted molar refractivity (Wildman–Crippen MR) is 99.6 cm³/mol. The quantitative estimate of drug-likeness (QED) is 0.795. The molecule has 2 aromatic rings. The molecule has 6 nitrogen and oxygen atoms in total. The van der Waals surface area contributed by atoms with E-state index in [0.29, 0.717) is 11.7 Å². The Hall–Kier alpha value is -2.28. The molecule has 0 bridgehead atoms. The second-order valence-electron chi connectivity index (χ2n) is 6.80. The number of hydrogen-bond donors (Lipinski definition) is 2. The fourth-order valence-corrected chi connectivity index (χ4v) is 2.88. The van der Waals surface area contributed by atoms with Crippen LogP contribution in [0.4, 0.5) is 5.13 Å². The lowest BCUT2D eigenvalue weighted by molar-refractivity contribution is -0.124. The molecule has 0 saturated carbocycles. The van der Waals surface area contributed by atoms with Crippen molar-refractivity contribution in [2.75, 3.05) is 11.9 Å². The van der Waals surface area contributed by atoms with Crippen molar-refractivity contribution in [2.24, 2.45) is 0 Å². The lowest BCUT2D eigenvalue weighted by Gasteiger charge is -2.12. The van der Waals surface area contributed by atoms with Gasteiger partial charge in [-0.05, 0) is 12.0 Å². The van der Waals surface area contributed by atoms with E-state index >= 15 is 0 Å². The number of carbonyl (C=O) groups is 2. The minimum absolute atomic E-state index is 0.0979. The van der Waals surface area contributed by atoms with Crippen molar-refractivity contribution in [3.05, 3.63) is 40.9 Å². The summed E-state index contributed by atoms with van der Waals surface area (Å²) in [6.07, 6.45) is 1.06. The first-order chi connectivity index (χ1) is 11.8. The Labute approximate surface area is 152 Å². The number of nitrogens with zero attached hydrogens (tertiary/aromatic N) is 2. The number of benzene rings is 1. The lowest BCUT2D eigenvalue weighted by atomic mass is 9.98. The third kappa shape index (κ3) is 6.62. The molecule has 1 aromatic carbocycles. The van der Waals surface area contributed by atoms with Gasteiger partial charge in [-0.15, -0.1) is 10.2 Å².